The summed E-state index contributed by atoms with van der Waals surface area (Å²) in [5.41, 5.74) is 4.17. The Hall–Kier alpha value is -4.20. The molecule has 0 saturated heterocycles. The van der Waals surface area contributed by atoms with Crippen LogP contribution in [0.1, 0.15) is 51.3 Å². The first kappa shape index (κ1) is 28.3. The van der Waals surface area contributed by atoms with Gasteiger partial charge in [0.25, 0.3) is 0 Å². The van der Waals surface area contributed by atoms with E-state index in [-0.39, 0.29) is 23.6 Å². The van der Waals surface area contributed by atoms with Gasteiger partial charge in [0.1, 0.15) is 29.0 Å². The Morgan fingerprint density at radius 1 is 1.10 bits per heavy atom. The number of unbranched alkanes of at least 4 members (excludes halogenated alkanes) is 1. The van der Waals surface area contributed by atoms with Crippen LogP contribution in [0.2, 0.25) is 0 Å². The highest BCUT2D eigenvalue weighted by atomic mass is 19.1. The molecule has 2 aliphatic rings. The van der Waals surface area contributed by atoms with Gasteiger partial charge in [0.2, 0.25) is 5.91 Å². The average Bonchev–Trinajstić information content (AvgIpc) is 3.34. The fraction of sp³-hybridized carbons (Fsp3) is 0.333. The number of aromatic nitrogens is 2. The molecule has 0 fully saturated rings. The van der Waals surface area contributed by atoms with Crippen molar-refractivity contribution < 1.29 is 13.6 Å². The molecule has 6 nitrogen and oxygen atoms in total. The van der Waals surface area contributed by atoms with Crippen LogP contribution in [0.5, 0.6) is 0 Å². The summed E-state index contributed by atoms with van der Waals surface area (Å²) in [5.74, 6) is 0.828. The van der Waals surface area contributed by atoms with Gasteiger partial charge in [-0.15, -0.1) is 0 Å². The standard InChI is InChI=1S/C33H37F2N5O/c1-3-4-6-23(2)36-28-14-9-24(10-15-28)11-18-31(41)39-19-20-40-30(22-39)38-32(25-7-5-8-27(35)21-25)33(40)37-29-16-12-26(34)13-17-29/h5,7-10,12-14,16-17,21,28,36-37H,2-4,6,11,15,18-20,22H2,1H3. The van der Waals surface area contributed by atoms with Crippen LogP contribution in [-0.4, -0.2) is 32.9 Å². The van der Waals surface area contributed by atoms with Crippen LogP contribution in [0.4, 0.5) is 20.3 Å². The van der Waals surface area contributed by atoms with Gasteiger partial charge in [-0.3, -0.25) is 4.79 Å². The third kappa shape index (κ3) is 7.12. The summed E-state index contributed by atoms with van der Waals surface area (Å²) in [4.78, 5) is 19.9. The Morgan fingerprint density at radius 3 is 2.66 bits per heavy atom. The summed E-state index contributed by atoms with van der Waals surface area (Å²) in [6.07, 6.45) is 11.8. The number of fused-ring (bicyclic) bond motifs is 1. The lowest BCUT2D eigenvalue weighted by atomic mass is 9.99. The summed E-state index contributed by atoms with van der Waals surface area (Å²) < 4.78 is 29.6. The van der Waals surface area contributed by atoms with Gasteiger partial charge < -0.3 is 20.1 Å². The van der Waals surface area contributed by atoms with E-state index in [1.165, 1.54) is 29.8 Å². The van der Waals surface area contributed by atoms with E-state index in [1.54, 1.807) is 18.2 Å². The predicted molar refractivity (Wildman–Crippen MR) is 159 cm³/mol. The van der Waals surface area contributed by atoms with Crippen molar-refractivity contribution in [3.05, 3.63) is 102 Å². The molecule has 41 heavy (non-hydrogen) atoms. The minimum absolute atomic E-state index is 0.0853. The van der Waals surface area contributed by atoms with E-state index in [9.17, 15) is 13.6 Å². The minimum Gasteiger partial charge on any atom is -0.382 e. The number of nitrogens with zero attached hydrogens (tertiary/aromatic N) is 3. The van der Waals surface area contributed by atoms with E-state index in [0.717, 1.165) is 37.2 Å². The number of rotatable bonds is 11. The zero-order valence-electron chi connectivity index (χ0n) is 23.5. The number of allylic oxidation sites excluding steroid dienone is 3. The zero-order chi connectivity index (χ0) is 28.8. The minimum atomic E-state index is -0.354. The van der Waals surface area contributed by atoms with Crippen molar-refractivity contribution in [3.63, 3.8) is 0 Å². The van der Waals surface area contributed by atoms with E-state index >= 15 is 0 Å². The van der Waals surface area contributed by atoms with Crippen LogP contribution < -0.4 is 10.6 Å². The summed E-state index contributed by atoms with van der Waals surface area (Å²) in [5, 5.41) is 6.83. The molecular formula is C33H37F2N5O. The Morgan fingerprint density at radius 2 is 1.93 bits per heavy atom. The van der Waals surface area contributed by atoms with Crippen molar-refractivity contribution >= 4 is 17.4 Å². The summed E-state index contributed by atoms with van der Waals surface area (Å²) in [6, 6.07) is 12.6. The Bertz CT molecular complexity index is 1460. The van der Waals surface area contributed by atoms with Gasteiger partial charge in [-0.25, -0.2) is 13.8 Å². The highest BCUT2D eigenvalue weighted by molar-refractivity contribution is 5.78. The molecule has 2 aromatic carbocycles. The summed E-state index contributed by atoms with van der Waals surface area (Å²) in [6.45, 7) is 7.76. The van der Waals surface area contributed by atoms with Gasteiger partial charge in [-0.1, -0.05) is 55.9 Å². The SMILES string of the molecule is C=C(CCCC)NC1C=CC(CCC(=O)N2CCn3c(nc(-c4cccc(F)c4)c3Nc3ccc(F)cc3)C2)=CC1. The van der Waals surface area contributed by atoms with E-state index in [1.807, 2.05) is 15.5 Å². The van der Waals surface area contributed by atoms with Crippen molar-refractivity contribution in [2.45, 2.75) is 64.6 Å². The van der Waals surface area contributed by atoms with Crippen molar-refractivity contribution in [3.8, 4) is 11.3 Å². The second kappa shape index (κ2) is 13.0. The fourth-order valence-corrected chi connectivity index (χ4v) is 5.27. The number of carbonyl (C=O) groups is 1. The molecule has 214 valence electrons. The molecule has 3 aromatic rings. The van der Waals surface area contributed by atoms with Crippen LogP contribution in [0.25, 0.3) is 11.3 Å². The van der Waals surface area contributed by atoms with Crippen molar-refractivity contribution in [2.24, 2.45) is 0 Å². The van der Waals surface area contributed by atoms with E-state index in [2.05, 4.69) is 42.4 Å². The normalized spacial score (nSPS) is 16.2. The largest absolute Gasteiger partial charge is 0.382 e. The number of benzene rings is 2. The second-order valence-corrected chi connectivity index (χ2v) is 10.7. The maximum Gasteiger partial charge on any atom is 0.223 e. The van der Waals surface area contributed by atoms with Gasteiger partial charge in [0.05, 0.1) is 6.54 Å². The maximum absolute atomic E-state index is 14.1. The topological polar surface area (TPSA) is 62.2 Å². The van der Waals surface area contributed by atoms with E-state index < -0.39 is 0 Å². The molecule has 1 amide bonds. The highest BCUT2D eigenvalue weighted by Gasteiger charge is 2.27. The molecule has 0 radical (unpaired) electrons. The maximum atomic E-state index is 14.1. The number of hydrogen-bond acceptors (Lipinski definition) is 4. The molecule has 1 atom stereocenters. The molecule has 1 aromatic heterocycles. The number of carbonyl (C=O) groups excluding carboxylic acids is 1. The van der Waals surface area contributed by atoms with Gasteiger partial charge in [-0.05, 0) is 62.1 Å². The molecule has 1 aliphatic carbocycles. The fourth-order valence-electron chi connectivity index (χ4n) is 5.27. The van der Waals surface area contributed by atoms with Gasteiger partial charge in [0, 0.05) is 42.5 Å². The molecule has 8 heteroatoms. The number of halogens is 2. The highest BCUT2D eigenvalue weighted by Crippen LogP contribution is 2.34. The Kier molecular flexibility index (Phi) is 8.97. The lowest BCUT2D eigenvalue weighted by Gasteiger charge is -2.29. The number of anilines is 2. The lowest BCUT2D eigenvalue weighted by Crippen LogP contribution is -2.38. The lowest BCUT2D eigenvalue weighted by molar-refractivity contribution is -0.132. The zero-order valence-corrected chi connectivity index (χ0v) is 23.5. The summed E-state index contributed by atoms with van der Waals surface area (Å²) in [7, 11) is 0. The molecule has 1 unspecified atom stereocenters. The van der Waals surface area contributed by atoms with Gasteiger partial charge in [0.15, 0.2) is 0 Å². The van der Waals surface area contributed by atoms with Crippen LogP contribution in [0.3, 0.4) is 0 Å². The number of hydrogen-bond donors (Lipinski definition) is 2. The van der Waals surface area contributed by atoms with Crippen molar-refractivity contribution in [1.29, 1.82) is 0 Å². The van der Waals surface area contributed by atoms with Crippen LogP contribution in [0, 0.1) is 11.6 Å². The molecule has 0 saturated carbocycles. The quantitative estimate of drug-likeness (QED) is 0.261. The van der Waals surface area contributed by atoms with E-state index in [0.29, 0.717) is 55.2 Å². The van der Waals surface area contributed by atoms with Gasteiger partial charge >= 0.3 is 0 Å². The smallest absolute Gasteiger partial charge is 0.223 e. The average molecular weight is 558 g/mol. The third-order valence-corrected chi connectivity index (χ3v) is 7.56. The second-order valence-electron chi connectivity index (χ2n) is 10.7. The van der Waals surface area contributed by atoms with Crippen LogP contribution in [-0.2, 0) is 17.9 Å². The first-order chi connectivity index (χ1) is 19.9. The van der Waals surface area contributed by atoms with E-state index in [4.69, 9.17) is 4.98 Å². The molecule has 0 spiro atoms. The third-order valence-electron chi connectivity index (χ3n) is 7.56. The summed E-state index contributed by atoms with van der Waals surface area (Å²) >= 11 is 0. The van der Waals surface area contributed by atoms with Gasteiger partial charge in [-0.2, -0.15) is 0 Å². The Labute approximate surface area is 240 Å². The van der Waals surface area contributed by atoms with Crippen LogP contribution in [0.15, 0.2) is 84.6 Å². The molecule has 2 heterocycles. The Balaban J connectivity index is 1.24. The monoisotopic (exact) mass is 557 g/mol. The number of nitrogens with one attached hydrogen (secondary N) is 2. The molecule has 1 aliphatic heterocycles. The van der Waals surface area contributed by atoms with Crippen molar-refractivity contribution in [1.82, 2.24) is 19.8 Å². The van der Waals surface area contributed by atoms with Crippen LogP contribution >= 0.6 is 0 Å². The predicted octanol–water partition coefficient (Wildman–Crippen LogP) is 7.24. The van der Waals surface area contributed by atoms with Crippen molar-refractivity contribution in [2.75, 3.05) is 11.9 Å². The molecule has 2 N–H and O–H groups in total. The molecule has 5 rings (SSSR count). The first-order valence-corrected chi connectivity index (χ1v) is 14.4. The number of imidazole rings is 1. The molecule has 0 bridgehead atoms. The molecular weight excluding hydrogens is 520 g/mol. The first-order valence-electron chi connectivity index (χ1n) is 14.4. The number of amides is 1.